The number of hydrogen-bond donors (Lipinski definition) is 0. The zero-order valence-corrected chi connectivity index (χ0v) is 12.9. The summed E-state index contributed by atoms with van der Waals surface area (Å²) in [6.07, 6.45) is 0. The Morgan fingerprint density at radius 2 is 1.35 bits per heavy atom. The van der Waals surface area contributed by atoms with Gasteiger partial charge in [-0.3, -0.25) is 0 Å². The summed E-state index contributed by atoms with van der Waals surface area (Å²) in [7, 11) is 3.39. The second-order valence-corrected chi connectivity index (χ2v) is 5.87. The molecule has 0 aromatic heterocycles. The molecular formula is C18H22O2. The third-order valence-electron chi connectivity index (χ3n) is 3.46. The quantitative estimate of drug-likeness (QED) is 0.807. The van der Waals surface area contributed by atoms with Crippen LogP contribution in [-0.4, -0.2) is 14.2 Å². The first-order valence-electron chi connectivity index (χ1n) is 6.79. The number of hydrogen-bond acceptors (Lipinski definition) is 2. The Kier molecular flexibility index (Phi) is 4.03. The van der Waals surface area contributed by atoms with Crippen molar-refractivity contribution in [3.05, 3.63) is 48.0 Å². The van der Waals surface area contributed by atoms with Crippen LogP contribution in [-0.2, 0) is 5.41 Å². The van der Waals surface area contributed by atoms with Crippen LogP contribution in [0.15, 0.2) is 42.5 Å². The zero-order chi connectivity index (χ0) is 14.8. The van der Waals surface area contributed by atoms with Crippen molar-refractivity contribution in [3.63, 3.8) is 0 Å². The normalized spacial score (nSPS) is 11.2. The maximum atomic E-state index is 5.51. The van der Waals surface area contributed by atoms with Gasteiger partial charge in [-0.1, -0.05) is 45.0 Å². The third-order valence-corrected chi connectivity index (χ3v) is 3.46. The van der Waals surface area contributed by atoms with E-state index in [0.29, 0.717) is 0 Å². The fourth-order valence-corrected chi connectivity index (χ4v) is 2.25. The van der Waals surface area contributed by atoms with Crippen LogP contribution in [0.25, 0.3) is 11.1 Å². The molecule has 0 heterocycles. The van der Waals surface area contributed by atoms with E-state index in [1.807, 2.05) is 24.3 Å². The molecule has 0 N–H and O–H groups in total. The smallest absolute Gasteiger partial charge is 0.126 e. The Morgan fingerprint density at radius 1 is 0.750 bits per heavy atom. The summed E-state index contributed by atoms with van der Waals surface area (Å²) in [5, 5.41) is 0. The summed E-state index contributed by atoms with van der Waals surface area (Å²) in [4.78, 5) is 0. The first-order valence-corrected chi connectivity index (χ1v) is 6.79. The first-order chi connectivity index (χ1) is 9.47. The lowest BCUT2D eigenvalue weighted by Crippen LogP contribution is -2.11. The fraction of sp³-hybridized carbons (Fsp3) is 0.333. The van der Waals surface area contributed by atoms with E-state index in [4.69, 9.17) is 9.47 Å². The predicted molar refractivity (Wildman–Crippen MR) is 83.7 cm³/mol. The van der Waals surface area contributed by atoms with E-state index in [-0.39, 0.29) is 5.41 Å². The SMILES string of the molecule is COc1ccccc1-c1cc(C(C)(C)C)ccc1OC. The zero-order valence-electron chi connectivity index (χ0n) is 12.9. The van der Waals surface area contributed by atoms with Crippen molar-refractivity contribution in [1.82, 2.24) is 0 Å². The van der Waals surface area contributed by atoms with Gasteiger partial charge < -0.3 is 9.47 Å². The Hall–Kier alpha value is -1.96. The lowest BCUT2D eigenvalue weighted by Gasteiger charge is -2.21. The molecule has 0 spiro atoms. The molecule has 2 aromatic carbocycles. The number of methoxy groups -OCH3 is 2. The van der Waals surface area contributed by atoms with Crippen LogP contribution >= 0.6 is 0 Å². The molecule has 0 bridgehead atoms. The molecule has 2 nitrogen and oxygen atoms in total. The summed E-state index contributed by atoms with van der Waals surface area (Å²) in [6.45, 7) is 6.63. The van der Waals surface area contributed by atoms with E-state index in [1.165, 1.54) is 5.56 Å². The lowest BCUT2D eigenvalue weighted by molar-refractivity contribution is 0.410. The van der Waals surface area contributed by atoms with Gasteiger partial charge in [0.2, 0.25) is 0 Å². The topological polar surface area (TPSA) is 18.5 Å². The minimum absolute atomic E-state index is 0.100. The molecule has 0 atom stereocenters. The monoisotopic (exact) mass is 270 g/mol. The molecule has 0 unspecified atom stereocenters. The minimum atomic E-state index is 0.100. The molecule has 0 radical (unpaired) electrons. The Morgan fingerprint density at radius 3 is 1.95 bits per heavy atom. The maximum absolute atomic E-state index is 5.51. The second kappa shape index (κ2) is 5.58. The van der Waals surface area contributed by atoms with Gasteiger partial charge >= 0.3 is 0 Å². The van der Waals surface area contributed by atoms with E-state index in [2.05, 4.69) is 39.0 Å². The predicted octanol–water partition coefficient (Wildman–Crippen LogP) is 4.67. The Labute approximate surface area is 121 Å². The van der Waals surface area contributed by atoms with Gasteiger partial charge in [0.15, 0.2) is 0 Å². The molecule has 106 valence electrons. The van der Waals surface area contributed by atoms with Gasteiger partial charge in [-0.15, -0.1) is 0 Å². The molecular weight excluding hydrogens is 248 g/mol. The molecule has 2 heteroatoms. The molecule has 0 saturated heterocycles. The van der Waals surface area contributed by atoms with Gasteiger partial charge in [0.1, 0.15) is 11.5 Å². The molecule has 0 amide bonds. The molecule has 0 aliphatic heterocycles. The average molecular weight is 270 g/mol. The molecule has 0 aliphatic rings. The van der Waals surface area contributed by atoms with Gasteiger partial charge in [0.05, 0.1) is 14.2 Å². The van der Waals surface area contributed by atoms with E-state index < -0.39 is 0 Å². The van der Waals surface area contributed by atoms with Gasteiger partial charge in [0.25, 0.3) is 0 Å². The summed E-state index contributed by atoms with van der Waals surface area (Å²) in [5.74, 6) is 1.72. The van der Waals surface area contributed by atoms with Crippen LogP contribution < -0.4 is 9.47 Å². The standard InChI is InChI=1S/C18H22O2/c1-18(2,3)13-10-11-17(20-5)15(12-13)14-8-6-7-9-16(14)19-4/h6-12H,1-5H3. The molecule has 2 aromatic rings. The number of ether oxygens (including phenoxy) is 2. The molecule has 0 saturated carbocycles. The molecule has 0 fully saturated rings. The van der Waals surface area contributed by atoms with Crippen LogP contribution in [0.2, 0.25) is 0 Å². The van der Waals surface area contributed by atoms with E-state index >= 15 is 0 Å². The van der Waals surface area contributed by atoms with Crippen LogP contribution in [0, 0.1) is 0 Å². The van der Waals surface area contributed by atoms with Crippen molar-refractivity contribution in [2.75, 3.05) is 14.2 Å². The Balaban J connectivity index is 2.65. The molecule has 2 rings (SSSR count). The second-order valence-electron chi connectivity index (χ2n) is 5.87. The third kappa shape index (κ3) is 2.79. The highest BCUT2D eigenvalue weighted by Gasteiger charge is 2.18. The van der Waals surface area contributed by atoms with E-state index in [1.54, 1.807) is 14.2 Å². The van der Waals surface area contributed by atoms with Gasteiger partial charge in [-0.05, 0) is 29.2 Å². The van der Waals surface area contributed by atoms with Crippen LogP contribution in [0.1, 0.15) is 26.3 Å². The van der Waals surface area contributed by atoms with Gasteiger partial charge in [0, 0.05) is 11.1 Å². The van der Waals surface area contributed by atoms with Crippen molar-refractivity contribution >= 4 is 0 Å². The van der Waals surface area contributed by atoms with Crippen LogP contribution in [0.3, 0.4) is 0 Å². The largest absolute Gasteiger partial charge is 0.496 e. The number of benzene rings is 2. The summed E-state index contributed by atoms with van der Waals surface area (Å²) >= 11 is 0. The lowest BCUT2D eigenvalue weighted by atomic mass is 9.85. The highest BCUT2D eigenvalue weighted by molar-refractivity contribution is 5.76. The number of para-hydroxylation sites is 1. The molecule has 0 aliphatic carbocycles. The summed E-state index contributed by atoms with van der Waals surface area (Å²) in [6, 6.07) is 14.4. The minimum Gasteiger partial charge on any atom is -0.496 e. The maximum Gasteiger partial charge on any atom is 0.126 e. The van der Waals surface area contributed by atoms with Gasteiger partial charge in [-0.25, -0.2) is 0 Å². The fourth-order valence-electron chi connectivity index (χ4n) is 2.25. The summed E-state index contributed by atoms with van der Waals surface area (Å²) < 4.78 is 11.0. The van der Waals surface area contributed by atoms with Crippen molar-refractivity contribution < 1.29 is 9.47 Å². The van der Waals surface area contributed by atoms with Crippen LogP contribution in [0.5, 0.6) is 11.5 Å². The first kappa shape index (κ1) is 14.4. The van der Waals surface area contributed by atoms with Crippen molar-refractivity contribution in [1.29, 1.82) is 0 Å². The number of rotatable bonds is 3. The van der Waals surface area contributed by atoms with Crippen molar-refractivity contribution in [3.8, 4) is 22.6 Å². The van der Waals surface area contributed by atoms with E-state index in [0.717, 1.165) is 22.6 Å². The molecule has 20 heavy (non-hydrogen) atoms. The van der Waals surface area contributed by atoms with Crippen molar-refractivity contribution in [2.45, 2.75) is 26.2 Å². The van der Waals surface area contributed by atoms with E-state index in [9.17, 15) is 0 Å². The van der Waals surface area contributed by atoms with Crippen molar-refractivity contribution in [2.24, 2.45) is 0 Å². The highest BCUT2D eigenvalue weighted by Crippen LogP contribution is 2.38. The van der Waals surface area contributed by atoms with Gasteiger partial charge in [-0.2, -0.15) is 0 Å². The average Bonchev–Trinajstić information content (AvgIpc) is 2.45. The van der Waals surface area contributed by atoms with Crippen LogP contribution in [0.4, 0.5) is 0 Å². The Bertz CT molecular complexity index is 595. The summed E-state index contributed by atoms with van der Waals surface area (Å²) in [5.41, 5.74) is 3.50. The highest BCUT2D eigenvalue weighted by atomic mass is 16.5.